The van der Waals surface area contributed by atoms with Crippen LogP contribution in [0.4, 0.5) is 8.78 Å². The summed E-state index contributed by atoms with van der Waals surface area (Å²) in [5.74, 6) is 0.176. The van der Waals surface area contributed by atoms with Gasteiger partial charge < -0.3 is 18.6 Å². The van der Waals surface area contributed by atoms with Crippen molar-refractivity contribution in [1.82, 2.24) is 9.13 Å². The van der Waals surface area contributed by atoms with Crippen molar-refractivity contribution in [2.24, 2.45) is 14.1 Å². The molecule has 4 rings (SSSR count). The van der Waals surface area contributed by atoms with Gasteiger partial charge in [0.2, 0.25) is 0 Å². The molecule has 0 amide bonds. The molecular formula is C22H22F2N2O2. The minimum absolute atomic E-state index is 0.214. The number of methoxy groups -OCH3 is 2. The minimum atomic E-state index is -0.406. The number of aromatic nitrogens is 2. The summed E-state index contributed by atoms with van der Waals surface area (Å²) in [6.45, 7) is 1.93. The molecule has 0 saturated heterocycles. The van der Waals surface area contributed by atoms with Crippen LogP contribution >= 0.6 is 0 Å². The Morgan fingerprint density at radius 3 is 2.25 bits per heavy atom. The van der Waals surface area contributed by atoms with Crippen molar-refractivity contribution in [2.75, 3.05) is 14.2 Å². The SMILES string of the molecule is COc1c(F)ccc2c1cc(Cc1cc(F)c3cc(C)n(C)c3c1OC)n2C. The fourth-order valence-electron chi connectivity index (χ4n) is 3.98. The van der Waals surface area contributed by atoms with Crippen LogP contribution in [0.1, 0.15) is 17.0 Å². The molecule has 0 radical (unpaired) electrons. The quantitative estimate of drug-likeness (QED) is 0.502. The summed E-state index contributed by atoms with van der Waals surface area (Å²) in [6, 6.07) is 8.34. The number of ether oxygens (including phenoxy) is 2. The van der Waals surface area contributed by atoms with Crippen molar-refractivity contribution in [1.29, 1.82) is 0 Å². The Morgan fingerprint density at radius 1 is 0.857 bits per heavy atom. The molecule has 0 aliphatic carbocycles. The molecule has 0 N–H and O–H groups in total. The third-order valence-corrected chi connectivity index (χ3v) is 5.55. The molecule has 28 heavy (non-hydrogen) atoms. The van der Waals surface area contributed by atoms with Crippen LogP contribution in [-0.2, 0) is 20.5 Å². The van der Waals surface area contributed by atoms with Gasteiger partial charge in [-0.2, -0.15) is 0 Å². The minimum Gasteiger partial charge on any atom is -0.494 e. The van der Waals surface area contributed by atoms with Gasteiger partial charge in [-0.25, -0.2) is 8.78 Å². The van der Waals surface area contributed by atoms with Gasteiger partial charge in [0.25, 0.3) is 0 Å². The van der Waals surface area contributed by atoms with Crippen molar-refractivity contribution >= 4 is 21.8 Å². The van der Waals surface area contributed by atoms with Crippen LogP contribution in [0.5, 0.6) is 11.5 Å². The van der Waals surface area contributed by atoms with Crippen LogP contribution < -0.4 is 9.47 Å². The van der Waals surface area contributed by atoms with E-state index in [4.69, 9.17) is 9.47 Å². The maximum atomic E-state index is 14.8. The summed E-state index contributed by atoms with van der Waals surface area (Å²) < 4.78 is 43.7. The molecule has 6 heteroatoms. The van der Waals surface area contributed by atoms with Crippen LogP contribution in [0.15, 0.2) is 30.3 Å². The molecule has 146 valence electrons. The monoisotopic (exact) mass is 384 g/mol. The molecule has 0 atom stereocenters. The molecule has 4 aromatic rings. The van der Waals surface area contributed by atoms with Crippen molar-refractivity contribution < 1.29 is 18.3 Å². The zero-order valence-electron chi connectivity index (χ0n) is 16.6. The van der Waals surface area contributed by atoms with Crippen molar-refractivity contribution in [2.45, 2.75) is 13.3 Å². The maximum Gasteiger partial charge on any atom is 0.165 e. The fraction of sp³-hybridized carbons (Fsp3) is 0.273. The Bertz CT molecular complexity index is 1220. The lowest BCUT2D eigenvalue weighted by Gasteiger charge is -2.13. The van der Waals surface area contributed by atoms with Crippen LogP contribution in [0, 0.1) is 18.6 Å². The zero-order valence-corrected chi connectivity index (χ0v) is 16.6. The molecule has 0 saturated carbocycles. The summed E-state index contributed by atoms with van der Waals surface area (Å²) in [4.78, 5) is 0. The molecular weight excluding hydrogens is 362 g/mol. The summed E-state index contributed by atoms with van der Waals surface area (Å²) in [7, 11) is 6.85. The lowest BCUT2D eigenvalue weighted by Crippen LogP contribution is -2.02. The van der Waals surface area contributed by atoms with E-state index in [2.05, 4.69) is 0 Å². The van der Waals surface area contributed by atoms with E-state index in [1.165, 1.54) is 19.2 Å². The Balaban J connectivity index is 1.91. The van der Waals surface area contributed by atoms with Crippen LogP contribution in [0.2, 0.25) is 0 Å². The summed E-state index contributed by atoms with van der Waals surface area (Å²) in [5.41, 5.74) is 4.18. The molecule has 0 spiro atoms. The maximum absolute atomic E-state index is 14.8. The third kappa shape index (κ3) is 2.55. The smallest absolute Gasteiger partial charge is 0.165 e. The van der Waals surface area contributed by atoms with Gasteiger partial charge in [-0.15, -0.1) is 0 Å². The first-order chi connectivity index (χ1) is 13.4. The molecule has 0 fully saturated rings. The normalized spacial score (nSPS) is 11.5. The highest BCUT2D eigenvalue weighted by molar-refractivity contribution is 5.90. The lowest BCUT2D eigenvalue weighted by molar-refractivity contribution is 0.392. The number of hydrogen-bond donors (Lipinski definition) is 0. The predicted molar refractivity (Wildman–Crippen MR) is 106 cm³/mol. The molecule has 0 bridgehead atoms. The van der Waals surface area contributed by atoms with E-state index in [0.29, 0.717) is 22.9 Å². The number of benzene rings is 2. The first kappa shape index (κ1) is 18.3. The van der Waals surface area contributed by atoms with E-state index in [0.717, 1.165) is 28.0 Å². The molecule has 0 aliphatic rings. The highest BCUT2D eigenvalue weighted by atomic mass is 19.1. The van der Waals surface area contributed by atoms with E-state index in [1.807, 2.05) is 42.3 Å². The van der Waals surface area contributed by atoms with Gasteiger partial charge in [-0.3, -0.25) is 0 Å². The van der Waals surface area contributed by atoms with Crippen molar-refractivity contribution in [3.63, 3.8) is 0 Å². The Hall–Kier alpha value is -3.02. The second-order valence-corrected chi connectivity index (χ2v) is 7.04. The molecule has 2 aromatic heterocycles. The van der Waals surface area contributed by atoms with Crippen molar-refractivity contribution in [3.05, 3.63) is 58.9 Å². The summed E-state index contributed by atoms with van der Waals surface area (Å²) in [5, 5.41) is 1.23. The average molecular weight is 384 g/mol. The van der Waals surface area contributed by atoms with Crippen LogP contribution in [0.3, 0.4) is 0 Å². The Kier molecular flexibility index (Phi) is 4.29. The topological polar surface area (TPSA) is 28.3 Å². The molecule has 0 unspecified atom stereocenters. The average Bonchev–Trinajstić information content (AvgIpc) is 3.14. The van der Waals surface area contributed by atoms with E-state index < -0.39 is 5.82 Å². The van der Waals surface area contributed by atoms with Gasteiger partial charge >= 0.3 is 0 Å². The number of halogens is 2. The first-order valence-electron chi connectivity index (χ1n) is 8.99. The molecule has 2 aromatic carbocycles. The fourth-order valence-corrected chi connectivity index (χ4v) is 3.98. The van der Waals surface area contributed by atoms with Gasteiger partial charge in [0, 0.05) is 48.2 Å². The van der Waals surface area contributed by atoms with E-state index in [9.17, 15) is 8.78 Å². The standard InChI is InChI=1S/C22H22F2N2O2/c1-12-8-15-18(24)10-13(21(27-4)20(15)25(12)2)9-14-11-16-19(26(14)3)7-6-17(23)22(16)28-5/h6-8,10-11H,9H2,1-5H3. The number of aryl methyl sites for hydroxylation is 3. The molecule has 4 nitrogen and oxygen atoms in total. The van der Waals surface area contributed by atoms with Gasteiger partial charge in [0.15, 0.2) is 11.6 Å². The first-order valence-corrected chi connectivity index (χ1v) is 8.99. The Morgan fingerprint density at radius 2 is 1.57 bits per heavy atom. The van der Waals surface area contributed by atoms with Crippen LogP contribution in [-0.4, -0.2) is 23.4 Å². The van der Waals surface area contributed by atoms with Crippen LogP contribution in [0.25, 0.3) is 21.8 Å². The largest absolute Gasteiger partial charge is 0.494 e. The van der Waals surface area contributed by atoms with E-state index in [1.54, 1.807) is 13.2 Å². The second kappa shape index (κ2) is 6.55. The number of fused-ring (bicyclic) bond motifs is 2. The lowest BCUT2D eigenvalue weighted by atomic mass is 10.1. The van der Waals surface area contributed by atoms with Gasteiger partial charge in [0.1, 0.15) is 11.6 Å². The molecule has 0 aliphatic heterocycles. The summed E-state index contributed by atoms with van der Waals surface area (Å²) in [6.07, 6.45) is 0.441. The molecule has 2 heterocycles. The van der Waals surface area contributed by atoms with Gasteiger partial charge in [-0.1, -0.05) is 0 Å². The van der Waals surface area contributed by atoms with Gasteiger partial charge in [0.05, 0.1) is 25.3 Å². The number of rotatable bonds is 4. The van der Waals surface area contributed by atoms with Gasteiger partial charge in [-0.05, 0) is 37.3 Å². The predicted octanol–water partition coefficient (Wildman–Crippen LogP) is 4.86. The highest BCUT2D eigenvalue weighted by Gasteiger charge is 2.20. The van der Waals surface area contributed by atoms with Crippen molar-refractivity contribution in [3.8, 4) is 11.5 Å². The number of nitrogens with zero attached hydrogens (tertiary/aromatic N) is 2. The van der Waals surface area contributed by atoms with E-state index in [-0.39, 0.29) is 11.6 Å². The summed E-state index contributed by atoms with van der Waals surface area (Å²) >= 11 is 0. The second-order valence-electron chi connectivity index (χ2n) is 7.04. The third-order valence-electron chi connectivity index (χ3n) is 5.55. The van der Waals surface area contributed by atoms with E-state index >= 15 is 0 Å². The number of hydrogen-bond acceptors (Lipinski definition) is 2. The zero-order chi connectivity index (χ0) is 20.2. The highest BCUT2D eigenvalue weighted by Crippen LogP contribution is 2.37. The Labute approximate surface area is 161 Å².